The lowest BCUT2D eigenvalue weighted by Crippen LogP contribution is -2.30. The molecule has 0 saturated heterocycles. The van der Waals surface area contributed by atoms with Gasteiger partial charge in [0.15, 0.2) is 0 Å². The highest BCUT2D eigenvalue weighted by Gasteiger charge is 2.17. The molecule has 0 N–H and O–H groups in total. The molecule has 0 radical (unpaired) electrons. The van der Waals surface area contributed by atoms with Crippen LogP contribution in [0, 0.1) is 24.2 Å². The summed E-state index contributed by atoms with van der Waals surface area (Å²) in [7, 11) is 1.69. The number of nitrogens with zero attached hydrogens (tertiary/aromatic N) is 4. The predicted octanol–water partition coefficient (Wildman–Crippen LogP) is 1.87. The second kappa shape index (κ2) is 5.11. The summed E-state index contributed by atoms with van der Waals surface area (Å²) < 4.78 is 1.82. The van der Waals surface area contributed by atoms with Gasteiger partial charge in [-0.05, 0) is 31.5 Å². The summed E-state index contributed by atoms with van der Waals surface area (Å²) in [5.41, 5.74) is 2.26. The second-order valence-electron chi connectivity index (χ2n) is 4.81. The lowest BCUT2D eigenvalue weighted by molar-refractivity contribution is 0.0780. The Kier molecular flexibility index (Phi) is 3.52. The molecule has 19 heavy (non-hydrogen) atoms. The monoisotopic (exact) mass is 256 g/mol. The number of hydrogen-bond donors (Lipinski definition) is 0. The van der Waals surface area contributed by atoms with Crippen LogP contribution in [0.2, 0.25) is 0 Å². The first-order valence-electron chi connectivity index (χ1n) is 6.11. The van der Waals surface area contributed by atoms with E-state index in [1.54, 1.807) is 20.2 Å². The van der Waals surface area contributed by atoms with Crippen molar-refractivity contribution in [2.45, 2.75) is 13.8 Å². The molecule has 1 unspecified atom stereocenters. The number of imidazole rings is 1. The minimum Gasteiger partial charge on any atom is -0.339 e. The van der Waals surface area contributed by atoms with Crippen molar-refractivity contribution in [1.29, 1.82) is 5.26 Å². The number of hydrogen-bond acceptors (Lipinski definition) is 3. The Hall–Kier alpha value is -2.35. The number of nitriles is 1. The summed E-state index contributed by atoms with van der Waals surface area (Å²) >= 11 is 0. The summed E-state index contributed by atoms with van der Waals surface area (Å²) in [6.45, 7) is 4.18. The summed E-state index contributed by atoms with van der Waals surface area (Å²) in [5, 5.41) is 8.77. The average Bonchev–Trinajstić information content (AvgIpc) is 2.80. The van der Waals surface area contributed by atoms with E-state index in [0.29, 0.717) is 12.2 Å². The number of aromatic nitrogens is 2. The molecule has 1 amide bonds. The normalized spacial score (nSPS) is 12.1. The van der Waals surface area contributed by atoms with Gasteiger partial charge in [0.05, 0.1) is 12.0 Å². The summed E-state index contributed by atoms with van der Waals surface area (Å²) in [5.74, 6) is -0.350. The first-order chi connectivity index (χ1) is 9.01. The molecule has 0 aliphatic carbocycles. The van der Waals surface area contributed by atoms with Crippen molar-refractivity contribution >= 4 is 11.6 Å². The number of amides is 1. The molecule has 0 fully saturated rings. The molecule has 1 atom stereocenters. The maximum atomic E-state index is 12.2. The first kappa shape index (κ1) is 13.1. The van der Waals surface area contributed by atoms with Crippen LogP contribution in [-0.2, 0) is 0 Å². The van der Waals surface area contributed by atoms with Crippen LogP contribution in [0.15, 0.2) is 24.5 Å². The lowest BCUT2D eigenvalue weighted by atomic mass is 10.2. The largest absolute Gasteiger partial charge is 0.339 e. The van der Waals surface area contributed by atoms with Crippen LogP contribution in [0.5, 0.6) is 0 Å². The molecule has 2 rings (SSSR count). The van der Waals surface area contributed by atoms with Gasteiger partial charge in [0, 0.05) is 26.0 Å². The van der Waals surface area contributed by atoms with Gasteiger partial charge in [0.1, 0.15) is 11.3 Å². The van der Waals surface area contributed by atoms with Gasteiger partial charge in [0.2, 0.25) is 0 Å². The van der Waals surface area contributed by atoms with E-state index in [0.717, 1.165) is 11.2 Å². The van der Waals surface area contributed by atoms with Crippen LogP contribution >= 0.6 is 0 Å². The summed E-state index contributed by atoms with van der Waals surface area (Å²) in [6, 6.07) is 6.00. The highest BCUT2D eigenvalue weighted by molar-refractivity contribution is 5.92. The first-order valence-corrected chi connectivity index (χ1v) is 6.11. The third kappa shape index (κ3) is 2.74. The molecule has 2 heterocycles. The molecule has 0 aliphatic heterocycles. The van der Waals surface area contributed by atoms with E-state index in [4.69, 9.17) is 5.26 Å². The van der Waals surface area contributed by atoms with Crippen LogP contribution in [0.25, 0.3) is 5.65 Å². The quantitative estimate of drug-likeness (QED) is 0.842. The number of fused-ring (bicyclic) bond motifs is 1. The van der Waals surface area contributed by atoms with Crippen molar-refractivity contribution in [3.8, 4) is 6.07 Å². The van der Waals surface area contributed by atoms with E-state index in [-0.39, 0.29) is 11.8 Å². The molecule has 0 spiro atoms. The highest BCUT2D eigenvalue weighted by Crippen LogP contribution is 2.10. The number of pyridine rings is 1. The fourth-order valence-corrected chi connectivity index (χ4v) is 1.92. The maximum absolute atomic E-state index is 12.2. The van der Waals surface area contributed by atoms with Gasteiger partial charge in [-0.2, -0.15) is 5.26 Å². The van der Waals surface area contributed by atoms with Crippen molar-refractivity contribution in [2.24, 2.45) is 5.92 Å². The minimum absolute atomic E-state index is 0.163. The van der Waals surface area contributed by atoms with Crippen molar-refractivity contribution in [3.63, 3.8) is 0 Å². The predicted molar refractivity (Wildman–Crippen MR) is 71.7 cm³/mol. The van der Waals surface area contributed by atoms with Crippen LogP contribution in [0.4, 0.5) is 0 Å². The van der Waals surface area contributed by atoms with Gasteiger partial charge < -0.3 is 9.30 Å². The standard InChI is InChI=1S/C14H16N4O/c1-10-4-5-18-9-12(16-13(18)6-10)14(19)17(3)8-11(2)7-15/h4-6,9,11H,8H2,1-3H3. The third-order valence-corrected chi connectivity index (χ3v) is 2.95. The fraction of sp³-hybridized carbons (Fsp3) is 0.357. The zero-order valence-electron chi connectivity index (χ0n) is 11.3. The Morgan fingerprint density at radius 3 is 3.05 bits per heavy atom. The van der Waals surface area contributed by atoms with Crippen LogP contribution in [0.3, 0.4) is 0 Å². The molecular weight excluding hydrogens is 240 g/mol. The van der Waals surface area contributed by atoms with Crippen molar-refractivity contribution in [1.82, 2.24) is 14.3 Å². The Labute approximate surface area is 112 Å². The molecule has 0 bridgehead atoms. The van der Waals surface area contributed by atoms with E-state index in [9.17, 15) is 4.79 Å². The number of carbonyl (C=O) groups excluding carboxylic acids is 1. The third-order valence-electron chi connectivity index (χ3n) is 2.95. The van der Waals surface area contributed by atoms with Gasteiger partial charge >= 0.3 is 0 Å². The van der Waals surface area contributed by atoms with Gasteiger partial charge in [-0.25, -0.2) is 4.98 Å². The summed E-state index contributed by atoms with van der Waals surface area (Å²) in [6.07, 6.45) is 3.59. The minimum atomic E-state index is -0.187. The Bertz CT molecular complexity index is 653. The van der Waals surface area contributed by atoms with E-state index in [1.807, 2.05) is 29.7 Å². The molecule has 2 aromatic rings. The van der Waals surface area contributed by atoms with Gasteiger partial charge in [-0.1, -0.05) is 0 Å². The van der Waals surface area contributed by atoms with Crippen molar-refractivity contribution in [3.05, 3.63) is 35.8 Å². The van der Waals surface area contributed by atoms with E-state index < -0.39 is 0 Å². The van der Waals surface area contributed by atoms with Crippen LogP contribution in [-0.4, -0.2) is 33.8 Å². The molecule has 2 aromatic heterocycles. The molecule has 0 aromatic carbocycles. The van der Waals surface area contributed by atoms with Crippen LogP contribution < -0.4 is 0 Å². The number of rotatable bonds is 3. The number of aryl methyl sites for hydroxylation is 1. The zero-order valence-corrected chi connectivity index (χ0v) is 11.3. The second-order valence-corrected chi connectivity index (χ2v) is 4.81. The SMILES string of the molecule is Cc1ccn2cc(C(=O)N(C)CC(C)C#N)nc2c1. The molecule has 5 heteroatoms. The van der Waals surface area contributed by atoms with E-state index >= 15 is 0 Å². The lowest BCUT2D eigenvalue weighted by Gasteiger charge is -2.16. The highest BCUT2D eigenvalue weighted by atomic mass is 16.2. The van der Waals surface area contributed by atoms with Gasteiger partial charge in [0.25, 0.3) is 5.91 Å². The van der Waals surface area contributed by atoms with Crippen molar-refractivity contribution < 1.29 is 4.79 Å². The molecule has 0 saturated carbocycles. The average molecular weight is 256 g/mol. The van der Waals surface area contributed by atoms with E-state index in [1.165, 1.54) is 4.90 Å². The topological polar surface area (TPSA) is 61.4 Å². The fourth-order valence-electron chi connectivity index (χ4n) is 1.92. The molecular formula is C14H16N4O. The summed E-state index contributed by atoms with van der Waals surface area (Å²) in [4.78, 5) is 18.0. The zero-order chi connectivity index (χ0) is 14.0. The maximum Gasteiger partial charge on any atom is 0.273 e. The van der Waals surface area contributed by atoms with Gasteiger partial charge in [-0.3, -0.25) is 4.79 Å². The Balaban J connectivity index is 2.24. The molecule has 0 aliphatic rings. The smallest absolute Gasteiger partial charge is 0.273 e. The van der Waals surface area contributed by atoms with Crippen LogP contribution in [0.1, 0.15) is 23.0 Å². The Morgan fingerprint density at radius 2 is 2.37 bits per heavy atom. The molecule has 5 nitrogen and oxygen atoms in total. The van der Waals surface area contributed by atoms with Gasteiger partial charge in [-0.15, -0.1) is 0 Å². The molecule has 98 valence electrons. The van der Waals surface area contributed by atoms with E-state index in [2.05, 4.69) is 11.1 Å². The number of carbonyl (C=O) groups is 1. The Morgan fingerprint density at radius 1 is 1.63 bits per heavy atom. The van der Waals surface area contributed by atoms with Crippen molar-refractivity contribution in [2.75, 3.05) is 13.6 Å².